The Bertz CT molecular complexity index is 403. The van der Waals surface area contributed by atoms with Gasteiger partial charge in [0.25, 0.3) is 0 Å². The van der Waals surface area contributed by atoms with Gasteiger partial charge in [-0.15, -0.1) is 4.99 Å². The summed E-state index contributed by atoms with van der Waals surface area (Å²) in [6.45, 7) is 13.7. The summed E-state index contributed by atoms with van der Waals surface area (Å²) in [5, 5.41) is 4.81. The van der Waals surface area contributed by atoms with Crippen LogP contribution in [0.2, 0.25) is 0 Å². The number of hydrogen-bond acceptors (Lipinski definition) is 4. The number of aliphatic imine (C=N–C) groups is 1. The van der Waals surface area contributed by atoms with Crippen molar-refractivity contribution in [3.63, 3.8) is 0 Å². The summed E-state index contributed by atoms with van der Waals surface area (Å²) >= 11 is 0. The molecule has 0 atom stereocenters. The number of nitrogens with one attached hydrogen (secondary N) is 2. The van der Waals surface area contributed by atoms with Crippen molar-refractivity contribution in [2.75, 3.05) is 0 Å². The summed E-state index contributed by atoms with van der Waals surface area (Å²) in [4.78, 5) is 26.7. The summed E-state index contributed by atoms with van der Waals surface area (Å²) in [5.41, 5.74) is -1.33. The van der Waals surface area contributed by atoms with E-state index >= 15 is 0 Å². The molecule has 0 aliphatic rings. The minimum Gasteiger partial charge on any atom is -0.444 e. The second kappa shape index (κ2) is 6.93. The van der Waals surface area contributed by atoms with Gasteiger partial charge >= 0.3 is 12.2 Å². The van der Waals surface area contributed by atoms with Crippen molar-refractivity contribution in [3.05, 3.63) is 12.8 Å². The zero-order valence-corrected chi connectivity index (χ0v) is 12.9. The van der Waals surface area contributed by atoms with Gasteiger partial charge in [0.05, 0.1) is 0 Å². The first-order chi connectivity index (χ1) is 8.93. The third-order valence-electron chi connectivity index (χ3n) is 1.45. The topological polar surface area (TPSA) is 89.0 Å². The van der Waals surface area contributed by atoms with E-state index in [0.29, 0.717) is 0 Å². The largest absolute Gasteiger partial charge is 0.444 e. The Hall–Kier alpha value is -2.05. The molecule has 0 aromatic heterocycles. The van der Waals surface area contributed by atoms with Crippen LogP contribution in [-0.4, -0.2) is 29.3 Å². The highest BCUT2D eigenvalue weighted by molar-refractivity contribution is 5.99. The van der Waals surface area contributed by atoms with Crippen LogP contribution in [0.4, 0.5) is 9.59 Å². The molecule has 0 radical (unpaired) electrons. The van der Waals surface area contributed by atoms with Crippen LogP contribution < -0.4 is 10.6 Å². The third kappa shape index (κ3) is 9.93. The van der Waals surface area contributed by atoms with E-state index in [1.807, 2.05) is 0 Å². The van der Waals surface area contributed by atoms with Gasteiger partial charge in [-0.3, -0.25) is 5.32 Å². The quantitative estimate of drug-likeness (QED) is 0.571. The van der Waals surface area contributed by atoms with Crippen molar-refractivity contribution >= 4 is 18.1 Å². The van der Waals surface area contributed by atoms with Crippen molar-refractivity contribution in [1.82, 2.24) is 10.6 Å². The maximum atomic E-state index is 11.6. The van der Waals surface area contributed by atoms with Crippen molar-refractivity contribution in [1.29, 1.82) is 0 Å². The van der Waals surface area contributed by atoms with Crippen LogP contribution in [0.1, 0.15) is 41.5 Å². The fourth-order valence-corrected chi connectivity index (χ4v) is 0.969. The van der Waals surface area contributed by atoms with E-state index in [0.717, 1.165) is 0 Å². The van der Waals surface area contributed by atoms with Gasteiger partial charge in [0.15, 0.2) is 0 Å². The fraction of sp³-hybridized carbons (Fsp3) is 0.615. The molecule has 0 aliphatic heterocycles. The first kappa shape index (κ1) is 17.9. The number of amides is 2. The number of rotatable bonds is 1. The van der Waals surface area contributed by atoms with Crippen molar-refractivity contribution in [3.8, 4) is 0 Å². The zero-order chi connectivity index (χ0) is 16.0. The Labute approximate surface area is 119 Å². The minimum absolute atomic E-state index is 0.122. The highest BCUT2D eigenvalue weighted by Crippen LogP contribution is 2.08. The van der Waals surface area contributed by atoms with E-state index in [-0.39, 0.29) is 5.96 Å². The molecule has 0 bridgehead atoms. The van der Waals surface area contributed by atoms with Gasteiger partial charge in [-0.1, -0.05) is 6.58 Å². The van der Waals surface area contributed by atoms with E-state index < -0.39 is 23.4 Å². The molecule has 0 rings (SSSR count). The predicted molar refractivity (Wildman–Crippen MR) is 76.4 cm³/mol. The number of carbonyl (C=O) groups is 2. The first-order valence-electron chi connectivity index (χ1n) is 6.12. The normalized spacial score (nSPS) is 12.4. The van der Waals surface area contributed by atoms with Gasteiger partial charge in [-0.25, -0.2) is 9.59 Å². The van der Waals surface area contributed by atoms with Gasteiger partial charge < -0.3 is 14.8 Å². The minimum atomic E-state index is -0.835. The van der Waals surface area contributed by atoms with Crippen molar-refractivity contribution < 1.29 is 19.1 Å². The maximum absolute atomic E-state index is 11.6. The molecular formula is C13H23N3O4. The van der Waals surface area contributed by atoms with E-state index in [1.54, 1.807) is 41.5 Å². The number of nitrogens with zero attached hydrogens (tertiary/aromatic N) is 1. The molecule has 0 aromatic carbocycles. The highest BCUT2D eigenvalue weighted by atomic mass is 16.6. The zero-order valence-electron chi connectivity index (χ0n) is 12.9. The van der Waals surface area contributed by atoms with Gasteiger partial charge in [0.2, 0.25) is 5.96 Å². The van der Waals surface area contributed by atoms with E-state index in [1.165, 1.54) is 6.20 Å². The van der Waals surface area contributed by atoms with Crippen LogP contribution in [0.3, 0.4) is 0 Å². The average Bonchev–Trinajstić information content (AvgIpc) is 2.10. The average molecular weight is 285 g/mol. The maximum Gasteiger partial charge on any atom is 0.437 e. The number of hydrogen-bond donors (Lipinski definition) is 2. The summed E-state index contributed by atoms with van der Waals surface area (Å²) in [6, 6.07) is 0. The molecule has 0 spiro atoms. The highest BCUT2D eigenvalue weighted by Gasteiger charge is 2.19. The molecule has 0 saturated heterocycles. The smallest absolute Gasteiger partial charge is 0.437 e. The van der Waals surface area contributed by atoms with E-state index in [4.69, 9.17) is 9.47 Å². The van der Waals surface area contributed by atoms with Crippen LogP contribution >= 0.6 is 0 Å². The second-order valence-electron chi connectivity index (χ2n) is 5.92. The lowest BCUT2D eigenvalue weighted by atomic mass is 10.2. The molecule has 7 nitrogen and oxygen atoms in total. The van der Waals surface area contributed by atoms with Crippen LogP contribution in [-0.2, 0) is 9.47 Å². The van der Waals surface area contributed by atoms with Gasteiger partial charge in [-0.2, -0.15) is 0 Å². The summed E-state index contributed by atoms with van der Waals surface area (Å²) in [6.07, 6.45) is -0.312. The van der Waals surface area contributed by atoms with Crippen LogP contribution in [0, 0.1) is 0 Å². The standard InChI is InChI=1S/C13H23N3O4/c1-8-14-9(15-10(17)19-12(2,3)4)16-11(18)20-13(5,6)7/h8H,1H2,2-7H3,(H2,14,15,16,17,18). The van der Waals surface area contributed by atoms with E-state index in [9.17, 15) is 9.59 Å². The Morgan fingerprint density at radius 3 is 1.95 bits per heavy atom. The Balaban J connectivity index is 4.76. The number of guanidine groups is 1. The molecule has 0 fully saturated rings. The first-order valence-corrected chi connectivity index (χ1v) is 6.12. The van der Waals surface area contributed by atoms with Crippen LogP contribution in [0.5, 0.6) is 0 Å². The number of ether oxygens (including phenoxy) is 2. The molecule has 0 heterocycles. The van der Waals surface area contributed by atoms with Crippen LogP contribution in [0.15, 0.2) is 17.8 Å². The molecule has 20 heavy (non-hydrogen) atoms. The van der Waals surface area contributed by atoms with Gasteiger partial charge in [-0.05, 0) is 47.7 Å². The molecular weight excluding hydrogens is 262 g/mol. The second-order valence-corrected chi connectivity index (χ2v) is 5.92. The molecule has 0 unspecified atom stereocenters. The lowest BCUT2D eigenvalue weighted by Gasteiger charge is -2.20. The molecule has 0 aromatic rings. The lowest BCUT2D eigenvalue weighted by Crippen LogP contribution is -2.42. The predicted octanol–water partition coefficient (Wildman–Crippen LogP) is 2.54. The number of carbonyl (C=O) groups excluding carboxylic acids is 2. The Morgan fingerprint density at radius 1 is 1.05 bits per heavy atom. The summed E-state index contributed by atoms with van der Waals surface area (Å²) in [7, 11) is 0. The Morgan fingerprint density at radius 2 is 1.55 bits per heavy atom. The monoisotopic (exact) mass is 285 g/mol. The molecule has 7 heteroatoms. The third-order valence-corrected chi connectivity index (χ3v) is 1.45. The van der Waals surface area contributed by atoms with Gasteiger partial charge in [0, 0.05) is 0 Å². The fourth-order valence-electron chi connectivity index (χ4n) is 0.969. The molecule has 0 saturated carbocycles. The van der Waals surface area contributed by atoms with Gasteiger partial charge in [0.1, 0.15) is 11.2 Å². The SMILES string of the molecule is C=CN/C(=N\C(=O)OC(C)(C)C)NC(=O)OC(C)(C)C. The molecule has 2 N–H and O–H groups in total. The van der Waals surface area contributed by atoms with Crippen LogP contribution in [0.25, 0.3) is 0 Å². The van der Waals surface area contributed by atoms with Crippen molar-refractivity contribution in [2.24, 2.45) is 4.99 Å². The summed E-state index contributed by atoms with van der Waals surface area (Å²) in [5.74, 6) is -0.122. The molecule has 0 aliphatic carbocycles. The van der Waals surface area contributed by atoms with E-state index in [2.05, 4.69) is 22.2 Å². The molecule has 114 valence electrons. The van der Waals surface area contributed by atoms with Crippen molar-refractivity contribution in [2.45, 2.75) is 52.7 Å². The number of alkyl carbamates (subject to hydrolysis) is 1. The summed E-state index contributed by atoms with van der Waals surface area (Å²) < 4.78 is 10.0. The lowest BCUT2D eigenvalue weighted by molar-refractivity contribution is 0.0561. The molecule has 2 amide bonds. The Kier molecular flexibility index (Phi) is 6.22.